The highest BCUT2D eigenvalue weighted by atomic mass is 32.3. The molecule has 0 saturated heterocycles. The van der Waals surface area contributed by atoms with E-state index >= 15 is 0 Å². The molecular weight excluding hydrogens is 505 g/mol. The molecule has 0 aliphatic rings. The zero-order chi connectivity index (χ0) is 26.1. The number of benzene rings is 4. The molecule has 0 N–H and O–H groups in total. The number of rotatable bonds is 6. The summed E-state index contributed by atoms with van der Waals surface area (Å²) in [5.41, 5.74) is 1.58. The predicted molar refractivity (Wildman–Crippen MR) is 136 cm³/mol. The summed E-state index contributed by atoms with van der Waals surface area (Å²) in [5.74, 6) is 0. The predicted octanol–water partition coefficient (Wildman–Crippen LogP) is 8.23. The highest BCUT2D eigenvalue weighted by Crippen LogP contribution is 2.70. The standard InChI is InChI=1S/C28H25F3O3S2/c1-20-8-14-23(15-9-20)35(24-16-10-21(2)11-17-24,25-18-12-22(3)13-19-25)34-36(32,33)27-7-5-4-6-26(27)28(29,30)31/h4-19H,1-3H3. The van der Waals surface area contributed by atoms with Crippen molar-refractivity contribution in [2.45, 2.75) is 46.5 Å². The second kappa shape index (κ2) is 9.76. The molecule has 0 aliphatic heterocycles. The Bertz CT molecular complexity index is 1350. The van der Waals surface area contributed by atoms with Crippen LogP contribution in [-0.2, 0) is 19.9 Å². The fraction of sp³-hybridized carbons (Fsp3) is 0.143. The molecule has 8 heteroatoms. The molecule has 0 atom stereocenters. The first-order valence-corrected chi connectivity index (χ1v) is 14.1. The maximum atomic E-state index is 13.8. The first-order valence-electron chi connectivity index (χ1n) is 11.1. The largest absolute Gasteiger partial charge is 0.417 e. The summed E-state index contributed by atoms with van der Waals surface area (Å²) >= 11 is 0. The van der Waals surface area contributed by atoms with Crippen molar-refractivity contribution in [2.24, 2.45) is 0 Å². The zero-order valence-corrected chi connectivity index (χ0v) is 21.5. The molecule has 0 unspecified atom stereocenters. The summed E-state index contributed by atoms with van der Waals surface area (Å²) < 4.78 is 75.0. The van der Waals surface area contributed by atoms with E-state index < -0.39 is 37.1 Å². The van der Waals surface area contributed by atoms with Crippen LogP contribution in [0.2, 0.25) is 0 Å². The third kappa shape index (κ3) is 5.07. The molecule has 0 saturated carbocycles. The van der Waals surface area contributed by atoms with Crippen molar-refractivity contribution >= 4 is 20.4 Å². The Balaban J connectivity index is 2.05. The number of alkyl halides is 3. The van der Waals surface area contributed by atoms with Crippen LogP contribution in [-0.4, -0.2) is 8.42 Å². The van der Waals surface area contributed by atoms with Crippen molar-refractivity contribution in [3.05, 3.63) is 119 Å². The molecule has 0 heterocycles. The molecule has 4 aromatic rings. The lowest BCUT2D eigenvalue weighted by molar-refractivity contribution is -0.139. The van der Waals surface area contributed by atoms with Gasteiger partial charge in [0, 0.05) is 14.7 Å². The molecule has 0 bridgehead atoms. The van der Waals surface area contributed by atoms with Crippen molar-refractivity contribution in [1.82, 2.24) is 0 Å². The van der Waals surface area contributed by atoms with Gasteiger partial charge in [0.05, 0.1) is 5.56 Å². The van der Waals surface area contributed by atoms with Gasteiger partial charge in [0.25, 0.3) is 0 Å². The molecule has 0 fully saturated rings. The van der Waals surface area contributed by atoms with Gasteiger partial charge < -0.3 is 0 Å². The molecule has 36 heavy (non-hydrogen) atoms. The van der Waals surface area contributed by atoms with E-state index in [1.807, 2.05) is 57.2 Å². The summed E-state index contributed by atoms with van der Waals surface area (Å²) in [7, 11) is -7.90. The molecule has 4 rings (SSSR count). The lowest BCUT2D eigenvalue weighted by Gasteiger charge is -2.39. The molecule has 0 spiro atoms. The van der Waals surface area contributed by atoms with E-state index in [0.29, 0.717) is 14.7 Å². The van der Waals surface area contributed by atoms with Gasteiger partial charge in [-0.25, -0.2) is 3.63 Å². The second-order valence-electron chi connectivity index (χ2n) is 8.51. The van der Waals surface area contributed by atoms with Crippen LogP contribution in [0.4, 0.5) is 13.2 Å². The topological polar surface area (TPSA) is 43.4 Å². The first kappa shape index (κ1) is 26.0. The monoisotopic (exact) mass is 530 g/mol. The minimum absolute atomic E-state index is 0.550. The van der Waals surface area contributed by atoms with Crippen molar-refractivity contribution in [3.63, 3.8) is 0 Å². The Kier molecular flexibility index (Phi) is 7.05. The van der Waals surface area contributed by atoms with Crippen molar-refractivity contribution in [3.8, 4) is 0 Å². The van der Waals surface area contributed by atoms with E-state index in [4.69, 9.17) is 3.63 Å². The van der Waals surface area contributed by atoms with E-state index in [-0.39, 0.29) is 0 Å². The van der Waals surface area contributed by atoms with Crippen LogP contribution in [0.5, 0.6) is 0 Å². The number of aryl methyl sites for hydroxylation is 3. The first-order chi connectivity index (χ1) is 16.9. The third-order valence-electron chi connectivity index (χ3n) is 5.71. The highest BCUT2D eigenvalue weighted by molar-refractivity contribution is 8.33. The summed E-state index contributed by atoms with van der Waals surface area (Å²) in [4.78, 5) is 0.734. The zero-order valence-electron chi connectivity index (χ0n) is 19.9. The smallest absolute Gasteiger partial charge is 0.203 e. The lowest BCUT2D eigenvalue weighted by atomic mass is 10.2. The third-order valence-corrected chi connectivity index (χ3v) is 10.9. The summed E-state index contributed by atoms with van der Waals surface area (Å²) in [6.07, 6.45) is -4.87. The normalized spacial score (nSPS) is 12.9. The average molecular weight is 531 g/mol. The van der Waals surface area contributed by atoms with Gasteiger partial charge in [0.15, 0.2) is 0 Å². The summed E-state index contributed by atoms with van der Waals surface area (Å²) in [5, 5.41) is 0. The number of hydrogen-bond donors (Lipinski definition) is 0. The molecule has 0 radical (unpaired) electrons. The van der Waals surface area contributed by atoms with Gasteiger partial charge >= 0.3 is 16.3 Å². The molecule has 0 aliphatic carbocycles. The van der Waals surface area contributed by atoms with Gasteiger partial charge in [0.2, 0.25) is 0 Å². The molecule has 188 valence electrons. The van der Waals surface area contributed by atoms with Crippen LogP contribution in [0, 0.1) is 20.8 Å². The van der Waals surface area contributed by atoms with Crippen LogP contribution in [0.25, 0.3) is 0 Å². The Hall–Kier alpha value is -3.07. The molecule has 0 aromatic heterocycles. The lowest BCUT2D eigenvalue weighted by Crippen LogP contribution is -2.18. The summed E-state index contributed by atoms with van der Waals surface area (Å²) in [6.45, 7) is 5.70. The van der Waals surface area contributed by atoms with Gasteiger partial charge in [-0.05, 0) is 79.6 Å². The SMILES string of the molecule is Cc1ccc(S(OS(=O)(=O)c2ccccc2C(F)(F)F)(c2ccc(C)cc2)c2ccc(C)cc2)cc1. The van der Waals surface area contributed by atoms with Crippen LogP contribution >= 0.6 is 10.3 Å². The van der Waals surface area contributed by atoms with E-state index in [1.54, 1.807) is 36.4 Å². The minimum atomic E-state index is -4.89. The van der Waals surface area contributed by atoms with Crippen LogP contribution in [0.15, 0.2) is 117 Å². The van der Waals surface area contributed by atoms with Crippen LogP contribution in [0.1, 0.15) is 22.3 Å². The van der Waals surface area contributed by atoms with Gasteiger partial charge in [-0.2, -0.15) is 21.6 Å². The Morgan fingerprint density at radius 1 is 0.583 bits per heavy atom. The fourth-order valence-electron chi connectivity index (χ4n) is 3.81. The Morgan fingerprint density at radius 3 is 1.31 bits per heavy atom. The van der Waals surface area contributed by atoms with Crippen LogP contribution < -0.4 is 0 Å². The maximum Gasteiger partial charge on any atom is 0.417 e. The Labute approximate surface area is 211 Å². The highest BCUT2D eigenvalue weighted by Gasteiger charge is 2.42. The van der Waals surface area contributed by atoms with Gasteiger partial charge in [0.1, 0.15) is 4.90 Å². The van der Waals surface area contributed by atoms with Crippen molar-refractivity contribution in [1.29, 1.82) is 0 Å². The van der Waals surface area contributed by atoms with E-state index in [1.165, 1.54) is 6.07 Å². The second-order valence-corrected chi connectivity index (χ2v) is 12.9. The van der Waals surface area contributed by atoms with Crippen molar-refractivity contribution in [2.75, 3.05) is 0 Å². The van der Waals surface area contributed by atoms with Crippen LogP contribution in [0.3, 0.4) is 0 Å². The molecule has 4 aromatic carbocycles. The fourth-order valence-corrected chi connectivity index (χ4v) is 9.19. The average Bonchev–Trinajstić information content (AvgIpc) is 2.84. The van der Waals surface area contributed by atoms with E-state index in [9.17, 15) is 21.6 Å². The molecule has 0 amide bonds. The van der Waals surface area contributed by atoms with Gasteiger partial charge in [-0.1, -0.05) is 65.2 Å². The van der Waals surface area contributed by atoms with Crippen molar-refractivity contribution < 1.29 is 25.2 Å². The van der Waals surface area contributed by atoms with E-state index in [0.717, 1.165) is 34.9 Å². The van der Waals surface area contributed by atoms with Gasteiger partial charge in [-0.3, -0.25) is 0 Å². The minimum Gasteiger partial charge on any atom is -0.203 e. The number of hydrogen-bond acceptors (Lipinski definition) is 3. The molecule has 3 nitrogen and oxygen atoms in total. The van der Waals surface area contributed by atoms with Gasteiger partial charge in [-0.15, -0.1) is 0 Å². The number of halogens is 3. The summed E-state index contributed by atoms with van der Waals surface area (Å²) in [6, 6.07) is 25.7. The van der Waals surface area contributed by atoms with E-state index in [2.05, 4.69) is 0 Å². The molecular formula is C28H25F3O3S2. The Morgan fingerprint density at radius 2 is 0.944 bits per heavy atom. The maximum absolute atomic E-state index is 13.8. The quantitative estimate of drug-likeness (QED) is 0.252.